The molecule has 2 aliphatic heterocycles. The summed E-state index contributed by atoms with van der Waals surface area (Å²) in [4.78, 5) is 28.0. The number of hydrogen-bond donors (Lipinski definition) is 2. The van der Waals surface area contributed by atoms with Crippen molar-refractivity contribution in [2.75, 3.05) is 29.9 Å². The molecule has 5 nitrogen and oxygen atoms in total. The zero-order valence-corrected chi connectivity index (χ0v) is 14.1. The Labute approximate surface area is 137 Å². The third-order valence-electron chi connectivity index (χ3n) is 5.05. The first-order chi connectivity index (χ1) is 11.0. The van der Waals surface area contributed by atoms with Crippen LogP contribution in [0.4, 0.5) is 11.4 Å². The largest absolute Gasteiger partial charge is 0.324 e. The first kappa shape index (κ1) is 16.0. The fourth-order valence-corrected chi connectivity index (χ4v) is 4.02. The monoisotopic (exact) mass is 316 g/mol. The van der Waals surface area contributed by atoms with Gasteiger partial charge in [-0.1, -0.05) is 26.0 Å². The van der Waals surface area contributed by atoms with Gasteiger partial charge in [0, 0.05) is 11.8 Å². The van der Waals surface area contributed by atoms with Crippen LogP contribution in [0.1, 0.15) is 27.2 Å². The zero-order chi connectivity index (χ0) is 16.6. The minimum absolute atomic E-state index is 0.0450. The van der Waals surface area contributed by atoms with Gasteiger partial charge in [-0.15, -0.1) is 0 Å². The molecule has 2 N–H and O–H groups in total. The molecule has 1 aromatic carbocycles. The number of para-hydroxylation sites is 2. The highest BCUT2D eigenvalue weighted by molar-refractivity contribution is 6.10. The molecule has 3 rings (SSSR count). The number of amides is 2. The number of rotatable bonds is 2. The van der Waals surface area contributed by atoms with Crippen molar-refractivity contribution in [3.8, 4) is 0 Å². The van der Waals surface area contributed by atoms with E-state index in [2.05, 4.69) is 19.2 Å². The summed E-state index contributed by atoms with van der Waals surface area (Å²) in [5.74, 6) is 1.20. The minimum atomic E-state index is -0.126. The molecular formula is C18H26N3O2+. The molecule has 2 aliphatic rings. The molecule has 124 valence electrons. The minimum Gasteiger partial charge on any atom is -0.324 e. The molecule has 0 spiro atoms. The van der Waals surface area contributed by atoms with E-state index in [9.17, 15) is 9.59 Å². The molecule has 1 saturated heterocycles. The van der Waals surface area contributed by atoms with Crippen molar-refractivity contribution in [3.05, 3.63) is 24.3 Å². The number of hydrogen-bond acceptors (Lipinski definition) is 2. The number of likely N-dealkylation sites (tertiary alicyclic amines) is 1. The summed E-state index contributed by atoms with van der Waals surface area (Å²) in [5.41, 5.74) is 1.53. The van der Waals surface area contributed by atoms with Crippen LogP contribution < -0.4 is 15.1 Å². The molecule has 0 aromatic heterocycles. The van der Waals surface area contributed by atoms with Crippen LogP contribution in [0.15, 0.2) is 24.3 Å². The number of carbonyl (C=O) groups is 2. The van der Waals surface area contributed by atoms with E-state index in [0.29, 0.717) is 11.8 Å². The zero-order valence-electron chi connectivity index (χ0n) is 14.1. The lowest BCUT2D eigenvalue weighted by molar-refractivity contribution is -0.925. The van der Waals surface area contributed by atoms with E-state index in [1.807, 2.05) is 31.2 Å². The number of piperidine rings is 1. The second-order valence-corrected chi connectivity index (χ2v) is 7.22. The first-order valence-corrected chi connectivity index (χ1v) is 8.50. The van der Waals surface area contributed by atoms with Crippen LogP contribution in [0, 0.1) is 11.8 Å². The molecular weight excluding hydrogens is 290 g/mol. The quantitative estimate of drug-likeness (QED) is 0.852. The van der Waals surface area contributed by atoms with E-state index in [1.54, 1.807) is 4.90 Å². The van der Waals surface area contributed by atoms with Gasteiger partial charge in [0.1, 0.15) is 6.54 Å². The molecule has 2 amide bonds. The predicted octanol–water partition coefficient (Wildman–Crippen LogP) is 0.921. The molecule has 2 heterocycles. The molecule has 5 heteroatoms. The highest BCUT2D eigenvalue weighted by atomic mass is 16.2. The lowest BCUT2D eigenvalue weighted by Gasteiger charge is -2.38. The highest BCUT2D eigenvalue weighted by Crippen LogP contribution is 2.29. The summed E-state index contributed by atoms with van der Waals surface area (Å²) in [6.07, 6.45) is 1.24. The fourth-order valence-electron chi connectivity index (χ4n) is 4.02. The maximum atomic E-state index is 13.0. The van der Waals surface area contributed by atoms with Crippen molar-refractivity contribution < 1.29 is 14.5 Å². The summed E-state index contributed by atoms with van der Waals surface area (Å²) < 4.78 is 0. The maximum Gasteiger partial charge on any atom is 0.285 e. The number of benzene rings is 1. The Morgan fingerprint density at radius 3 is 2.61 bits per heavy atom. The molecule has 0 unspecified atom stereocenters. The van der Waals surface area contributed by atoms with Crippen molar-refractivity contribution in [1.29, 1.82) is 0 Å². The number of nitrogens with one attached hydrogen (secondary N) is 2. The topological polar surface area (TPSA) is 53.9 Å². The maximum absolute atomic E-state index is 13.0. The molecule has 3 atom stereocenters. The van der Waals surface area contributed by atoms with E-state index in [0.717, 1.165) is 24.5 Å². The summed E-state index contributed by atoms with van der Waals surface area (Å²) in [7, 11) is 0. The third-order valence-corrected chi connectivity index (χ3v) is 5.05. The molecule has 0 radical (unpaired) electrons. The standard InChI is InChI=1S/C18H25N3O2/c1-12-8-13(2)10-20(9-12)14(3)18(23)21-11-17(22)19-15-6-4-5-7-16(15)21/h4-7,12-14H,8-11H2,1-3H3,(H,19,22)/p+1/t12-,13-,14-/m0/s1. The Morgan fingerprint density at radius 2 is 1.91 bits per heavy atom. The number of carbonyl (C=O) groups excluding carboxylic acids is 2. The van der Waals surface area contributed by atoms with E-state index < -0.39 is 0 Å². The normalized spacial score (nSPS) is 28.7. The first-order valence-electron chi connectivity index (χ1n) is 8.50. The summed E-state index contributed by atoms with van der Waals surface area (Å²) in [6, 6.07) is 7.39. The van der Waals surface area contributed by atoms with Crippen molar-refractivity contribution in [3.63, 3.8) is 0 Å². The van der Waals surface area contributed by atoms with E-state index in [4.69, 9.17) is 0 Å². The van der Waals surface area contributed by atoms with Crippen molar-refractivity contribution >= 4 is 23.2 Å². The van der Waals surface area contributed by atoms with Gasteiger partial charge in [0.05, 0.1) is 24.5 Å². The number of anilines is 2. The van der Waals surface area contributed by atoms with Crippen LogP contribution >= 0.6 is 0 Å². The highest BCUT2D eigenvalue weighted by Gasteiger charge is 2.37. The fraction of sp³-hybridized carbons (Fsp3) is 0.556. The summed E-state index contributed by atoms with van der Waals surface area (Å²) in [6.45, 7) is 8.68. The van der Waals surface area contributed by atoms with Gasteiger partial charge in [0.2, 0.25) is 5.91 Å². The van der Waals surface area contributed by atoms with E-state index >= 15 is 0 Å². The van der Waals surface area contributed by atoms with Gasteiger partial charge in [-0.3, -0.25) is 14.5 Å². The second-order valence-electron chi connectivity index (χ2n) is 7.22. The molecule has 0 aliphatic carbocycles. The average Bonchev–Trinajstić information content (AvgIpc) is 2.51. The van der Waals surface area contributed by atoms with Crippen LogP contribution in [0.5, 0.6) is 0 Å². The number of nitrogens with zero attached hydrogens (tertiary/aromatic N) is 1. The Hall–Kier alpha value is -1.88. The number of fused-ring (bicyclic) bond motifs is 1. The Morgan fingerprint density at radius 1 is 1.26 bits per heavy atom. The van der Waals surface area contributed by atoms with E-state index in [1.165, 1.54) is 11.3 Å². The smallest absolute Gasteiger partial charge is 0.285 e. The Balaban J connectivity index is 1.81. The summed E-state index contributed by atoms with van der Waals surface area (Å²) >= 11 is 0. The Bertz CT molecular complexity index is 606. The van der Waals surface area contributed by atoms with Gasteiger partial charge in [-0.2, -0.15) is 0 Å². The second kappa shape index (κ2) is 6.32. The molecule has 0 saturated carbocycles. The van der Waals surface area contributed by atoms with E-state index in [-0.39, 0.29) is 24.4 Å². The van der Waals surface area contributed by atoms with Gasteiger partial charge >= 0.3 is 0 Å². The molecule has 23 heavy (non-hydrogen) atoms. The molecule has 0 bridgehead atoms. The lowest BCUT2D eigenvalue weighted by atomic mass is 9.91. The van der Waals surface area contributed by atoms with Gasteiger partial charge in [0.15, 0.2) is 6.04 Å². The third kappa shape index (κ3) is 3.24. The lowest BCUT2D eigenvalue weighted by Crippen LogP contribution is -3.18. The SMILES string of the molecule is C[C@H]1C[C@H](C)C[NH+]([C@@H](C)C(=O)N2CC(=O)Nc3ccccc32)C1. The average molecular weight is 316 g/mol. The van der Waals surface area contributed by atoms with Crippen LogP contribution in [-0.2, 0) is 9.59 Å². The van der Waals surface area contributed by atoms with Crippen LogP contribution in [0.3, 0.4) is 0 Å². The van der Waals surface area contributed by atoms with Crippen LogP contribution in [-0.4, -0.2) is 37.5 Å². The molecule has 1 fully saturated rings. The van der Waals surface area contributed by atoms with Crippen molar-refractivity contribution in [1.82, 2.24) is 0 Å². The van der Waals surface area contributed by atoms with Crippen molar-refractivity contribution in [2.24, 2.45) is 11.8 Å². The van der Waals surface area contributed by atoms with Crippen LogP contribution in [0.2, 0.25) is 0 Å². The number of quaternary nitrogens is 1. The van der Waals surface area contributed by atoms with Gasteiger partial charge in [-0.25, -0.2) is 0 Å². The molecule has 1 aromatic rings. The Kier molecular flexibility index (Phi) is 4.39. The summed E-state index contributed by atoms with van der Waals surface area (Å²) in [5, 5.41) is 2.84. The van der Waals surface area contributed by atoms with Gasteiger partial charge in [-0.05, 0) is 25.5 Å². The van der Waals surface area contributed by atoms with Crippen LogP contribution in [0.25, 0.3) is 0 Å². The van der Waals surface area contributed by atoms with Gasteiger partial charge in [0.25, 0.3) is 5.91 Å². The van der Waals surface area contributed by atoms with Gasteiger partial charge < -0.3 is 10.2 Å². The van der Waals surface area contributed by atoms with Crippen molar-refractivity contribution in [2.45, 2.75) is 33.2 Å². The predicted molar refractivity (Wildman–Crippen MR) is 90.5 cm³/mol.